The number of hydrogen-bond acceptors (Lipinski definition) is 2. The Hall–Kier alpha value is -0.640. The molecule has 88 valence electrons. The maximum absolute atomic E-state index is 6.05. The Balaban J connectivity index is 2.52. The fourth-order valence-electron chi connectivity index (χ4n) is 1.43. The second-order valence-corrected chi connectivity index (χ2v) is 5.05. The van der Waals surface area contributed by atoms with Gasteiger partial charge in [0.25, 0.3) is 0 Å². The quantitative estimate of drug-likeness (QED) is 0.740. The maximum Gasteiger partial charge on any atom is 0.161 e. The molecule has 0 spiro atoms. The van der Waals surface area contributed by atoms with E-state index in [1.807, 2.05) is 31.2 Å². The standard InChI is InChI=1S/C12H9BrCl2N2/c1-2-9-10(13)11(15)17-12(16-9)7-3-5-8(14)6-4-7/h3-6H,2H2,1H3. The van der Waals surface area contributed by atoms with Crippen molar-refractivity contribution >= 4 is 39.1 Å². The first-order chi connectivity index (χ1) is 8.11. The summed E-state index contributed by atoms with van der Waals surface area (Å²) in [5.74, 6) is 0.617. The van der Waals surface area contributed by atoms with E-state index in [1.165, 1.54) is 0 Å². The minimum Gasteiger partial charge on any atom is -0.232 e. The van der Waals surface area contributed by atoms with Crippen molar-refractivity contribution in [2.75, 3.05) is 0 Å². The third kappa shape index (κ3) is 2.79. The minimum absolute atomic E-state index is 0.432. The van der Waals surface area contributed by atoms with Gasteiger partial charge in [0.1, 0.15) is 5.15 Å². The minimum atomic E-state index is 0.432. The van der Waals surface area contributed by atoms with Crippen LogP contribution in [0.25, 0.3) is 11.4 Å². The number of hydrogen-bond donors (Lipinski definition) is 0. The molecule has 0 saturated carbocycles. The highest BCUT2D eigenvalue weighted by molar-refractivity contribution is 9.10. The zero-order valence-corrected chi connectivity index (χ0v) is 12.1. The van der Waals surface area contributed by atoms with Crippen molar-refractivity contribution in [1.29, 1.82) is 0 Å². The molecule has 2 nitrogen and oxygen atoms in total. The predicted molar refractivity (Wildman–Crippen MR) is 74.6 cm³/mol. The van der Waals surface area contributed by atoms with Gasteiger partial charge in [0.05, 0.1) is 10.2 Å². The molecule has 0 saturated heterocycles. The monoisotopic (exact) mass is 330 g/mol. The third-order valence-corrected chi connectivity index (χ3v) is 3.90. The van der Waals surface area contributed by atoms with E-state index in [0.29, 0.717) is 16.0 Å². The highest BCUT2D eigenvalue weighted by Crippen LogP contribution is 2.27. The maximum atomic E-state index is 6.05. The summed E-state index contributed by atoms with van der Waals surface area (Å²) in [4.78, 5) is 8.71. The SMILES string of the molecule is CCc1nc(-c2ccc(Cl)cc2)nc(Cl)c1Br. The Morgan fingerprint density at radius 2 is 1.76 bits per heavy atom. The third-order valence-electron chi connectivity index (χ3n) is 2.32. The predicted octanol–water partition coefficient (Wildman–Crippen LogP) is 4.78. The van der Waals surface area contributed by atoms with Gasteiger partial charge in [-0.2, -0.15) is 0 Å². The molecule has 0 aliphatic heterocycles. The highest BCUT2D eigenvalue weighted by atomic mass is 79.9. The fraction of sp³-hybridized carbons (Fsp3) is 0.167. The Morgan fingerprint density at radius 3 is 2.35 bits per heavy atom. The van der Waals surface area contributed by atoms with Gasteiger partial charge in [0.15, 0.2) is 5.82 Å². The lowest BCUT2D eigenvalue weighted by molar-refractivity contribution is 0.991. The molecule has 2 aromatic rings. The summed E-state index contributed by atoms with van der Waals surface area (Å²) in [5.41, 5.74) is 1.80. The van der Waals surface area contributed by atoms with Gasteiger partial charge >= 0.3 is 0 Å². The van der Waals surface area contributed by atoms with E-state index in [9.17, 15) is 0 Å². The molecule has 2 rings (SSSR count). The number of benzene rings is 1. The summed E-state index contributed by atoms with van der Waals surface area (Å²) in [6, 6.07) is 7.37. The van der Waals surface area contributed by atoms with Crippen molar-refractivity contribution in [3.8, 4) is 11.4 Å². The normalized spacial score (nSPS) is 10.6. The number of aryl methyl sites for hydroxylation is 1. The molecule has 0 radical (unpaired) electrons. The average Bonchev–Trinajstić information content (AvgIpc) is 2.33. The number of halogens is 3. The molecule has 0 aliphatic carbocycles. The van der Waals surface area contributed by atoms with Gasteiger partial charge < -0.3 is 0 Å². The largest absolute Gasteiger partial charge is 0.232 e. The van der Waals surface area contributed by atoms with Crippen molar-refractivity contribution in [2.45, 2.75) is 13.3 Å². The van der Waals surface area contributed by atoms with Gasteiger partial charge in [-0.05, 0) is 46.6 Å². The van der Waals surface area contributed by atoms with Crippen LogP contribution in [0.15, 0.2) is 28.7 Å². The van der Waals surface area contributed by atoms with Gasteiger partial charge in [-0.15, -0.1) is 0 Å². The zero-order chi connectivity index (χ0) is 12.4. The molecule has 0 unspecified atom stereocenters. The summed E-state index contributed by atoms with van der Waals surface area (Å²) in [7, 11) is 0. The van der Waals surface area contributed by atoms with Gasteiger partial charge in [0, 0.05) is 10.6 Å². The van der Waals surface area contributed by atoms with Crippen molar-refractivity contribution in [2.24, 2.45) is 0 Å². The van der Waals surface area contributed by atoms with Crippen LogP contribution in [0, 0.1) is 0 Å². The molecule has 0 aliphatic rings. The lowest BCUT2D eigenvalue weighted by Crippen LogP contribution is -1.97. The summed E-state index contributed by atoms with van der Waals surface area (Å²) in [6.45, 7) is 2.02. The second-order valence-electron chi connectivity index (χ2n) is 3.46. The topological polar surface area (TPSA) is 25.8 Å². The first-order valence-electron chi connectivity index (χ1n) is 5.09. The van der Waals surface area contributed by atoms with Crippen molar-refractivity contribution in [3.05, 3.63) is 44.6 Å². The molecule has 17 heavy (non-hydrogen) atoms. The van der Waals surface area contributed by atoms with E-state index in [4.69, 9.17) is 23.2 Å². The summed E-state index contributed by atoms with van der Waals surface area (Å²) in [6.07, 6.45) is 0.795. The Bertz CT molecular complexity index is 541. The lowest BCUT2D eigenvalue weighted by Gasteiger charge is -2.06. The molecule has 0 amide bonds. The molecule has 0 bridgehead atoms. The summed E-state index contributed by atoms with van der Waals surface area (Å²) in [5, 5.41) is 1.12. The Labute approximate surface area is 118 Å². The van der Waals surface area contributed by atoms with E-state index < -0.39 is 0 Å². The van der Waals surface area contributed by atoms with E-state index in [-0.39, 0.29) is 0 Å². The van der Waals surface area contributed by atoms with Crippen molar-refractivity contribution < 1.29 is 0 Å². The van der Waals surface area contributed by atoms with E-state index in [0.717, 1.165) is 22.2 Å². The van der Waals surface area contributed by atoms with Crippen LogP contribution in [-0.2, 0) is 6.42 Å². The summed E-state index contributed by atoms with van der Waals surface area (Å²) >= 11 is 15.3. The molecule has 0 fully saturated rings. The molecular weight excluding hydrogens is 323 g/mol. The molecule has 0 atom stereocenters. The van der Waals surface area contributed by atoms with Gasteiger partial charge in [-0.25, -0.2) is 9.97 Å². The molecule has 1 heterocycles. The van der Waals surface area contributed by atoms with Crippen LogP contribution in [0.1, 0.15) is 12.6 Å². The molecule has 1 aromatic heterocycles. The van der Waals surface area contributed by atoms with Crippen LogP contribution >= 0.6 is 39.1 Å². The highest BCUT2D eigenvalue weighted by Gasteiger charge is 2.10. The fourth-order valence-corrected chi connectivity index (χ4v) is 2.20. The van der Waals surface area contributed by atoms with Crippen LogP contribution in [0.2, 0.25) is 10.2 Å². The smallest absolute Gasteiger partial charge is 0.161 e. The zero-order valence-electron chi connectivity index (χ0n) is 9.04. The lowest BCUT2D eigenvalue weighted by atomic mass is 10.2. The van der Waals surface area contributed by atoms with Gasteiger partial charge in [0.2, 0.25) is 0 Å². The van der Waals surface area contributed by atoms with Crippen molar-refractivity contribution in [3.63, 3.8) is 0 Å². The van der Waals surface area contributed by atoms with Crippen LogP contribution in [-0.4, -0.2) is 9.97 Å². The van der Waals surface area contributed by atoms with Crippen LogP contribution in [0.5, 0.6) is 0 Å². The Morgan fingerprint density at radius 1 is 1.12 bits per heavy atom. The van der Waals surface area contributed by atoms with Crippen LogP contribution in [0.3, 0.4) is 0 Å². The first kappa shape index (κ1) is 12.8. The molecule has 0 N–H and O–H groups in total. The number of aromatic nitrogens is 2. The van der Waals surface area contributed by atoms with Crippen LogP contribution < -0.4 is 0 Å². The van der Waals surface area contributed by atoms with Gasteiger partial charge in [-0.1, -0.05) is 30.1 Å². The van der Waals surface area contributed by atoms with Crippen LogP contribution in [0.4, 0.5) is 0 Å². The summed E-state index contributed by atoms with van der Waals surface area (Å²) < 4.78 is 0.763. The Kier molecular flexibility index (Phi) is 4.02. The van der Waals surface area contributed by atoms with Gasteiger partial charge in [-0.3, -0.25) is 0 Å². The number of rotatable bonds is 2. The van der Waals surface area contributed by atoms with Crippen molar-refractivity contribution in [1.82, 2.24) is 9.97 Å². The molecular formula is C12H9BrCl2N2. The molecule has 5 heteroatoms. The first-order valence-corrected chi connectivity index (χ1v) is 6.64. The van der Waals surface area contributed by atoms with E-state index >= 15 is 0 Å². The molecule has 1 aromatic carbocycles. The van der Waals surface area contributed by atoms with E-state index in [1.54, 1.807) is 0 Å². The van der Waals surface area contributed by atoms with E-state index in [2.05, 4.69) is 25.9 Å². The average molecular weight is 332 g/mol. The second kappa shape index (κ2) is 5.34. The number of nitrogens with zero attached hydrogens (tertiary/aromatic N) is 2.